The van der Waals surface area contributed by atoms with Crippen LogP contribution in [0, 0.1) is 17.8 Å². The lowest BCUT2D eigenvalue weighted by molar-refractivity contribution is -0.121. The van der Waals surface area contributed by atoms with E-state index in [1.54, 1.807) is 25.3 Å². The van der Waals surface area contributed by atoms with Gasteiger partial charge >= 0.3 is 0 Å². The molecule has 0 spiro atoms. The summed E-state index contributed by atoms with van der Waals surface area (Å²) in [6.45, 7) is 3.78. The van der Waals surface area contributed by atoms with Crippen molar-refractivity contribution in [2.24, 2.45) is 17.8 Å². The predicted octanol–water partition coefficient (Wildman–Crippen LogP) is 6.78. The third kappa shape index (κ3) is 5.22. The summed E-state index contributed by atoms with van der Waals surface area (Å²) < 4.78 is 6.03. The molecular formula is C28H32BrNO4. The van der Waals surface area contributed by atoms with Crippen LogP contribution in [0.25, 0.3) is 6.08 Å². The van der Waals surface area contributed by atoms with Gasteiger partial charge in [0.1, 0.15) is 11.5 Å². The zero-order valence-corrected chi connectivity index (χ0v) is 21.2. The first-order chi connectivity index (χ1) is 16.4. The Morgan fingerprint density at radius 1 is 1.21 bits per heavy atom. The summed E-state index contributed by atoms with van der Waals surface area (Å²) >= 11 is 3.45. The third-order valence-electron chi connectivity index (χ3n) is 7.39. The molecule has 0 heterocycles. The Balaban J connectivity index is 1.33. The molecule has 2 aliphatic carbocycles. The molecule has 0 saturated heterocycles. The van der Waals surface area contributed by atoms with Crippen molar-refractivity contribution in [1.82, 2.24) is 0 Å². The van der Waals surface area contributed by atoms with Crippen LogP contribution in [0.2, 0.25) is 0 Å². The summed E-state index contributed by atoms with van der Waals surface area (Å²) in [6.07, 6.45) is 8.85. The summed E-state index contributed by atoms with van der Waals surface area (Å²) in [5, 5.41) is 13.0. The maximum absolute atomic E-state index is 13.3. The number of hydrogen-bond donors (Lipinski definition) is 2. The Labute approximate surface area is 209 Å². The predicted molar refractivity (Wildman–Crippen MR) is 138 cm³/mol. The molecule has 1 atom stereocenters. The fraction of sp³-hybridized carbons (Fsp3) is 0.429. The smallest absolute Gasteiger partial charge is 0.227 e. The number of benzene rings is 2. The van der Waals surface area contributed by atoms with E-state index in [-0.39, 0.29) is 29.3 Å². The molecule has 0 aromatic heterocycles. The van der Waals surface area contributed by atoms with Crippen molar-refractivity contribution in [3.05, 3.63) is 58.1 Å². The van der Waals surface area contributed by atoms with Crippen molar-refractivity contribution in [1.29, 1.82) is 0 Å². The number of ketones is 1. The molecule has 4 rings (SSSR count). The standard InChI is InChI=1S/C28H32BrNO4/c1-3-18-11-12-21(16-25(18)34-2)30-28(33)19-9-7-17(8-10-19)15-20-5-4-6-22-23(27(20)32)13-14-24(31)26(22)29/h3,11-14,16-17,19-20,31H,1,4-10,15H2,2H3,(H,30,33). The minimum atomic E-state index is -0.00850. The topological polar surface area (TPSA) is 75.6 Å². The SMILES string of the molecule is C=Cc1ccc(NC(=O)C2CCC(CC3CCCc4c(ccc(O)c4Br)C3=O)CC2)cc1OC. The van der Waals surface area contributed by atoms with Gasteiger partial charge in [-0.3, -0.25) is 9.59 Å². The Bertz CT molecular complexity index is 1090. The first kappa shape index (κ1) is 24.5. The zero-order valence-electron chi connectivity index (χ0n) is 19.6. The van der Waals surface area contributed by atoms with Crippen molar-refractivity contribution in [2.45, 2.75) is 51.4 Å². The van der Waals surface area contributed by atoms with Crippen LogP contribution in [0.4, 0.5) is 5.69 Å². The van der Waals surface area contributed by atoms with Crippen molar-refractivity contribution < 1.29 is 19.4 Å². The molecule has 180 valence electrons. The van der Waals surface area contributed by atoms with E-state index in [4.69, 9.17) is 4.74 Å². The van der Waals surface area contributed by atoms with Crippen LogP contribution in [0.3, 0.4) is 0 Å². The van der Waals surface area contributed by atoms with E-state index in [0.29, 0.717) is 16.1 Å². The van der Waals surface area contributed by atoms with Gasteiger partial charge in [-0.25, -0.2) is 0 Å². The van der Waals surface area contributed by atoms with Crippen molar-refractivity contribution in [3.8, 4) is 11.5 Å². The van der Waals surface area contributed by atoms with E-state index in [1.165, 1.54) is 0 Å². The molecule has 2 aromatic rings. The van der Waals surface area contributed by atoms with Gasteiger partial charge in [-0.2, -0.15) is 0 Å². The van der Waals surface area contributed by atoms with Crippen LogP contribution in [0.15, 0.2) is 41.4 Å². The number of aromatic hydroxyl groups is 1. The molecule has 1 saturated carbocycles. The van der Waals surface area contributed by atoms with Gasteiger partial charge in [0.15, 0.2) is 5.78 Å². The van der Waals surface area contributed by atoms with Gasteiger partial charge in [-0.1, -0.05) is 12.7 Å². The van der Waals surface area contributed by atoms with Gasteiger partial charge in [0.2, 0.25) is 5.91 Å². The average Bonchev–Trinajstić information content (AvgIpc) is 3.00. The summed E-state index contributed by atoms with van der Waals surface area (Å²) in [5.41, 5.74) is 3.30. The van der Waals surface area contributed by atoms with Crippen molar-refractivity contribution in [2.75, 3.05) is 12.4 Å². The first-order valence-corrected chi connectivity index (χ1v) is 12.9. The maximum Gasteiger partial charge on any atom is 0.227 e. The largest absolute Gasteiger partial charge is 0.507 e. The Morgan fingerprint density at radius 3 is 2.68 bits per heavy atom. The highest BCUT2D eigenvalue weighted by molar-refractivity contribution is 9.10. The van der Waals surface area contributed by atoms with Crippen LogP contribution in [0.1, 0.15) is 66.4 Å². The molecule has 2 aliphatic rings. The van der Waals surface area contributed by atoms with E-state index in [0.717, 1.165) is 73.7 Å². The molecule has 0 bridgehead atoms. The number of rotatable bonds is 6. The van der Waals surface area contributed by atoms with E-state index < -0.39 is 0 Å². The number of carbonyl (C=O) groups excluding carboxylic acids is 2. The monoisotopic (exact) mass is 525 g/mol. The molecule has 34 heavy (non-hydrogen) atoms. The number of anilines is 1. The van der Waals surface area contributed by atoms with Crippen LogP contribution < -0.4 is 10.1 Å². The first-order valence-electron chi connectivity index (χ1n) is 12.1. The average molecular weight is 526 g/mol. The molecule has 2 N–H and O–H groups in total. The van der Waals surface area contributed by atoms with Crippen LogP contribution >= 0.6 is 15.9 Å². The van der Waals surface area contributed by atoms with Gasteiger partial charge in [-0.15, -0.1) is 0 Å². The van der Waals surface area contributed by atoms with Crippen molar-refractivity contribution >= 4 is 39.4 Å². The number of amides is 1. The molecule has 1 fully saturated rings. The molecule has 2 aromatic carbocycles. The highest BCUT2D eigenvalue weighted by Crippen LogP contribution is 2.39. The molecule has 0 aliphatic heterocycles. The molecule has 5 nitrogen and oxygen atoms in total. The molecule has 6 heteroatoms. The summed E-state index contributed by atoms with van der Waals surface area (Å²) in [6, 6.07) is 8.96. The number of fused-ring (bicyclic) bond motifs is 1. The van der Waals surface area contributed by atoms with E-state index in [1.807, 2.05) is 18.2 Å². The molecule has 1 unspecified atom stereocenters. The number of phenolic OH excluding ortho intramolecular Hbond substituents is 1. The van der Waals surface area contributed by atoms with Crippen molar-refractivity contribution in [3.63, 3.8) is 0 Å². The Hall–Kier alpha value is -2.60. The second kappa shape index (κ2) is 10.8. The lowest BCUT2D eigenvalue weighted by atomic mass is 9.76. The third-order valence-corrected chi connectivity index (χ3v) is 8.28. The van der Waals surface area contributed by atoms with Gasteiger partial charge in [-0.05, 0) is 103 Å². The minimum Gasteiger partial charge on any atom is -0.507 e. The number of ether oxygens (including phenoxy) is 1. The number of hydrogen-bond acceptors (Lipinski definition) is 4. The normalized spacial score (nSPS) is 22.4. The Kier molecular flexibility index (Phi) is 7.77. The lowest BCUT2D eigenvalue weighted by Crippen LogP contribution is -2.28. The fourth-order valence-electron chi connectivity index (χ4n) is 5.45. The molecule has 0 radical (unpaired) electrons. The number of nitrogens with one attached hydrogen (secondary N) is 1. The van der Waals surface area contributed by atoms with Crippen LogP contribution in [0.5, 0.6) is 11.5 Å². The van der Waals surface area contributed by atoms with Gasteiger partial charge in [0, 0.05) is 34.7 Å². The molecule has 1 amide bonds. The van der Waals surface area contributed by atoms with Gasteiger partial charge in [0.05, 0.1) is 11.6 Å². The number of carbonyl (C=O) groups is 2. The number of Topliss-reactive ketones (excluding diaryl/α,β-unsaturated/α-hetero) is 1. The van der Waals surface area contributed by atoms with E-state index in [9.17, 15) is 14.7 Å². The molecular weight excluding hydrogens is 494 g/mol. The highest BCUT2D eigenvalue weighted by Gasteiger charge is 2.32. The minimum absolute atomic E-state index is 0.00850. The number of halogens is 1. The number of phenols is 1. The maximum atomic E-state index is 13.3. The van der Waals surface area contributed by atoms with E-state index >= 15 is 0 Å². The summed E-state index contributed by atoms with van der Waals surface area (Å²) in [7, 11) is 1.61. The summed E-state index contributed by atoms with van der Waals surface area (Å²) in [5.74, 6) is 1.60. The second-order valence-corrected chi connectivity index (χ2v) is 10.3. The number of methoxy groups -OCH3 is 1. The van der Waals surface area contributed by atoms with Gasteiger partial charge in [0.25, 0.3) is 0 Å². The second-order valence-electron chi connectivity index (χ2n) is 9.48. The Morgan fingerprint density at radius 2 is 1.97 bits per heavy atom. The zero-order chi connectivity index (χ0) is 24.2. The quantitative estimate of drug-likeness (QED) is 0.407. The van der Waals surface area contributed by atoms with Crippen LogP contribution in [-0.2, 0) is 11.2 Å². The van der Waals surface area contributed by atoms with Gasteiger partial charge < -0.3 is 15.2 Å². The fourth-order valence-corrected chi connectivity index (χ4v) is 5.99. The van der Waals surface area contributed by atoms with E-state index in [2.05, 4.69) is 27.8 Å². The highest BCUT2D eigenvalue weighted by atomic mass is 79.9. The van der Waals surface area contributed by atoms with Crippen LogP contribution in [-0.4, -0.2) is 23.9 Å². The summed E-state index contributed by atoms with van der Waals surface area (Å²) in [4.78, 5) is 26.1. The lowest BCUT2D eigenvalue weighted by Gasteiger charge is -2.30.